The highest BCUT2D eigenvalue weighted by molar-refractivity contribution is 5.67. The molecule has 5 heteroatoms. The standard InChI is InChI=1S/C18H21NO4/c20-17(14-22-12-15-7-3-1-4-8-15)11-19-18(21)23-13-16-9-5-2-6-10-16/h1-10,17,20H,11-14H2,(H,19,21). The van der Waals surface area contributed by atoms with Gasteiger partial charge in [0, 0.05) is 6.54 Å². The zero-order chi connectivity index (χ0) is 16.3. The van der Waals surface area contributed by atoms with Crippen molar-refractivity contribution in [2.45, 2.75) is 19.3 Å². The number of carbonyl (C=O) groups is 1. The summed E-state index contributed by atoms with van der Waals surface area (Å²) in [5, 5.41) is 12.3. The number of alkyl carbamates (subject to hydrolysis) is 1. The van der Waals surface area contributed by atoms with Crippen molar-refractivity contribution in [2.75, 3.05) is 13.2 Å². The van der Waals surface area contributed by atoms with Crippen LogP contribution in [0, 0.1) is 0 Å². The molecule has 2 aromatic carbocycles. The Hall–Kier alpha value is -2.37. The van der Waals surface area contributed by atoms with Crippen LogP contribution in [0.4, 0.5) is 4.79 Å². The van der Waals surface area contributed by atoms with E-state index < -0.39 is 12.2 Å². The molecule has 0 radical (unpaired) electrons. The van der Waals surface area contributed by atoms with Crippen molar-refractivity contribution in [3.63, 3.8) is 0 Å². The summed E-state index contributed by atoms with van der Waals surface area (Å²) in [7, 11) is 0. The van der Waals surface area contributed by atoms with Gasteiger partial charge in [0.1, 0.15) is 6.61 Å². The number of benzene rings is 2. The Balaban J connectivity index is 1.56. The monoisotopic (exact) mass is 315 g/mol. The van der Waals surface area contributed by atoms with Crippen LogP contribution in [-0.4, -0.2) is 30.5 Å². The first-order chi connectivity index (χ1) is 11.2. The van der Waals surface area contributed by atoms with Crippen LogP contribution in [0.3, 0.4) is 0 Å². The third-order valence-corrected chi connectivity index (χ3v) is 3.12. The molecule has 0 aliphatic heterocycles. The lowest BCUT2D eigenvalue weighted by Crippen LogP contribution is -2.34. The van der Waals surface area contributed by atoms with Gasteiger partial charge in [-0.2, -0.15) is 0 Å². The summed E-state index contributed by atoms with van der Waals surface area (Å²) >= 11 is 0. The van der Waals surface area contributed by atoms with Crippen molar-refractivity contribution in [3.05, 3.63) is 71.8 Å². The molecular weight excluding hydrogens is 294 g/mol. The Morgan fingerprint density at radius 2 is 1.52 bits per heavy atom. The highest BCUT2D eigenvalue weighted by Crippen LogP contribution is 2.02. The van der Waals surface area contributed by atoms with Gasteiger partial charge in [0.15, 0.2) is 0 Å². The second-order valence-corrected chi connectivity index (χ2v) is 5.10. The third-order valence-electron chi connectivity index (χ3n) is 3.12. The summed E-state index contributed by atoms with van der Waals surface area (Å²) in [4.78, 5) is 11.5. The van der Waals surface area contributed by atoms with Crippen molar-refractivity contribution in [1.29, 1.82) is 0 Å². The predicted octanol–water partition coefficient (Wildman–Crippen LogP) is 2.49. The Labute approximate surface area is 135 Å². The van der Waals surface area contributed by atoms with Crippen LogP contribution < -0.4 is 5.32 Å². The first-order valence-corrected chi connectivity index (χ1v) is 7.48. The summed E-state index contributed by atoms with van der Waals surface area (Å²) in [5.41, 5.74) is 1.95. The minimum Gasteiger partial charge on any atom is -0.445 e. The fourth-order valence-electron chi connectivity index (χ4n) is 1.92. The van der Waals surface area contributed by atoms with E-state index in [0.717, 1.165) is 11.1 Å². The molecule has 0 saturated heterocycles. The molecule has 2 rings (SSSR count). The summed E-state index contributed by atoms with van der Waals surface area (Å²) in [6, 6.07) is 19.1. The van der Waals surface area contributed by atoms with Crippen LogP contribution in [0.15, 0.2) is 60.7 Å². The van der Waals surface area contributed by atoms with Gasteiger partial charge in [-0.05, 0) is 11.1 Å². The van der Waals surface area contributed by atoms with E-state index in [1.807, 2.05) is 60.7 Å². The van der Waals surface area contributed by atoms with Gasteiger partial charge in [-0.25, -0.2) is 4.79 Å². The quantitative estimate of drug-likeness (QED) is 0.785. The van der Waals surface area contributed by atoms with Gasteiger partial charge in [0.05, 0.1) is 19.3 Å². The Bertz CT molecular complexity index is 574. The van der Waals surface area contributed by atoms with E-state index in [1.54, 1.807) is 0 Å². The number of aliphatic hydroxyl groups excluding tert-OH is 1. The number of nitrogens with one attached hydrogen (secondary N) is 1. The van der Waals surface area contributed by atoms with Crippen LogP contribution in [0.5, 0.6) is 0 Å². The topological polar surface area (TPSA) is 67.8 Å². The highest BCUT2D eigenvalue weighted by atomic mass is 16.5. The van der Waals surface area contributed by atoms with Crippen molar-refractivity contribution < 1.29 is 19.4 Å². The lowest BCUT2D eigenvalue weighted by molar-refractivity contribution is 0.0280. The van der Waals surface area contributed by atoms with Gasteiger partial charge < -0.3 is 19.9 Å². The molecule has 0 aliphatic carbocycles. The van der Waals surface area contributed by atoms with Gasteiger partial charge in [0.2, 0.25) is 0 Å². The van der Waals surface area contributed by atoms with E-state index in [9.17, 15) is 9.90 Å². The molecule has 1 unspecified atom stereocenters. The van der Waals surface area contributed by atoms with Crippen LogP contribution >= 0.6 is 0 Å². The highest BCUT2D eigenvalue weighted by Gasteiger charge is 2.08. The van der Waals surface area contributed by atoms with Crippen LogP contribution in [0.25, 0.3) is 0 Å². The molecule has 0 fully saturated rings. The van der Waals surface area contributed by atoms with E-state index in [2.05, 4.69) is 5.32 Å². The largest absolute Gasteiger partial charge is 0.445 e. The Morgan fingerprint density at radius 1 is 0.957 bits per heavy atom. The zero-order valence-electron chi connectivity index (χ0n) is 12.9. The zero-order valence-corrected chi connectivity index (χ0v) is 12.9. The molecule has 23 heavy (non-hydrogen) atoms. The number of hydrogen-bond donors (Lipinski definition) is 2. The normalized spacial score (nSPS) is 11.7. The second-order valence-electron chi connectivity index (χ2n) is 5.10. The first-order valence-electron chi connectivity index (χ1n) is 7.48. The smallest absolute Gasteiger partial charge is 0.407 e. The lowest BCUT2D eigenvalue weighted by Gasteiger charge is -2.12. The molecule has 0 saturated carbocycles. The maximum atomic E-state index is 11.5. The van der Waals surface area contributed by atoms with E-state index in [4.69, 9.17) is 9.47 Å². The van der Waals surface area contributed by atoms with Gasteiger partial charge >= 0.3 is 6.09 Å². The number of ether oxygens (including phenoxy) is 2. The van der Waals surface area contributed by atoms with Gasteiger partial charge in [-0.1, -0.05) is 60.7 Å². The molecule has 0 spiro atoms. The molecule has 122 valence electrons. The molecule has 0 aliphatic rings. The molecule has 2 aromatic rings. The Kier molecular flexibility index (Phi) is 7.10. The fourth-order valence-corrected chi connectivity index (χ4v) is 1.92. The van der Waals surface area contributed by atoms with Gasteiger partial charge in [-0.15, -0.1) is 0 Å². The number of aliphatic hydroxyl groups is 1. The second kappa shape index (κ2) is 9.61. The van der Waals surface area contributed by atoms with E-state index in [-0.39, 0.29) is 19.8 Å². The minimum atomic E-state index is -0.775. The average Bonchev–Trinajstić information content (AvgIpc) is 2.60. The van der Waals surface area contributed by atoms with Crippen molar-refractivity contribution >= 4 is 6.09 Å². The van der Waals surface area contributed by atoms with Gasteiger partial charge in [-0.3, -0.25) is 0 Å². The van der Waals surface area contributed by atoms with Crippen LogP contribution in [0.1, 0.15) is 11.1 Å². The number of hydrogen-bond acceptors (Lipinski definition) is 4. The number of rotatable bonds is 8. The molecule has 0 aromatic heterocycles. The molecular formula is C18H21NO4. The maximum absolute atomic E-state index is 11.5. The lowest BCUT2D eigenvalue weighted by atomic mass is 10.2. The average molecular weight is 315 g/mol. The predicted molar refractivity (Wildman–Crippen MR) is 86.7 cm³/mol. The first kappa shape index (κ1) is 17.0. The SMILES string of the molecule is O=C(NCC(O)COCc1ccccc1)OCc1ccccc1. The molecule has 0 bridgehead atoms. The van der Waals surface area contributed by atoms with E-state index >= 15 is 0 Å². The number of carbonyl (C=O) groups excluding carboxylic acids is 1. The molecule has 1 amide bonds. The summed E-state index contributed by atoms with van der Waals surface area (Å²) in [6.07, 6.45) is -1.33. The fraction of sp³-hybridized carbons (Fsp3) is 0.278. The van der Waals surface area contributed by atoms with Crippen molar-refractivity contribution in [3.8, 4) is 0 Å². The van der Waals surface area contributed by atoms with Crippen molar-refractivity contribution in [2.24, 2.45) is 0 Å². The van der Waals surface area contributed by atoms with Crippen molar-refractivity contribution in [1.82, 2.24) is 5.32 Å². The van der Waals surface area contributed by atoms with E-state index in [1.165, 1.54) is 0 Å². The summed E-state index contributed by atoms with van der Waals surface area (Å²) < 4.78 is 10.5. The summed E-state index contributed by atoms with van der Waals surface area (Å²) in [6.45, 7) is 0.861. The van der Waals surface area contributed by atoms with Crippen LogP contribution in [0.2, 0.25) is 0 Å². The summed E-state index contributed by atoms with van der Waals surface area (Å²) in [5.74, 6) is 0. The molecule has 2 N–H and O–H groups in total. The van der Waals surface area contributed by atoms with Crippen LogP contribution in [-0.2, 0) is 22.7 Å². The molecule has 5 nitrogen and oxygen atoms in total. The number of amides is 1. The van der Waals surface area contributed by atoms with Gasteiger partial charge in [0.25, 0.3) is 0 Å². The molecule has 0 heterocycles. The van der Waals surface area contributed by atoms with E-state index in [0.29, 0.717) is 6.61 Å². The molecule has 1 atom stereocenters. The maximum Gasteiger partial charge on any atom is 0.407 e. The Morgan fingerprint density at radius 3 is 2.13 bits per heavy atom. The third kappa shape index (κ3) is 6.95. The minimum absolute atomic E-state index is 0.0857.